The number of anilines is 1. The molecule has 2 rings (SSSR count). The van der Waals surface area contributed by atoms with E-state index in [4.69, 9.17) is 0 Å². The van der Waals surface area contributed by atoms with Gasteiger partial charge in [0, 0.05) is 18.7 Å². The number of aromatic nitrogens is 1. The molecule has 8 heteroatoms. The van der Waals surface area contributed by atoms with Crippen molar-refractivity contribution in [1.82, 2.24) is 4.98 Å². The summed E-state index contributed by atoms with van der Waals surface area (Å²) in [4.78, 5) is 27.8. The van der Waals surface area contributed by atoms with Crippen molar-refractivity contribution in [2.24, 2.45) is 5.41 Å². The Morgan fingerprint density at radius 3 is 2.57 bits per heavy atom. The van der Waals surface area contributed by atoms with Gasteiger partial charge in [-0.1, -0.05) is 0 Å². The minimum Gasteiger partial charge on any atom is -0.481 e. The van der Waals surface area contributed by atoms with Crippen LogP contribution in [0.5, 0.6) is 0 Å². The number of nitrogens with zero attached hydrogens (tertiary/aromatic N) is 3. The number of nitro groups is 1. The Morgan fingerprint density at radius 2 is 2.10 bits per heavy atom. The summed E-state index contributed by atoms with van der Waals surface area (Å²) < 4.78 is 0.593. The summed E-state index contributed by atoms with van der Waals surface area (Å²) in [5, 5.41) is 20.1. The summed E-state index contributed by atoms with van der Waals surface area (Å²) in [5.41, 5.74) is -0.215. The van der Waals surface area contributed by atoms with E-state index in [0.29, 0.717) is 41.8 Å². The molecule has 1 saturated heterocycles. The lowest BCUT2D eigenvalue weighted by Crippen LogP contribution is -2.43. The number of carbonyl (C=O) groups is 1. The van der Waals surface area contributed by atoms with Crippen LogP contribution in [0.15, 0.2) is 10.7 Å². The number of carboxylic acids is 1. The summed E-state index contributed by atoms with van der Waals surface area (Å²) in [6, 6.07) is 0. The van der Waals surface area contributed by atoms with Crippen molar-refractivity contribution in [3.8, 4) is 0 Å². The van der Waals surface area contributed by atoms with Crippen LogP contribution in [0.25, 0.3) is 0 Å². The second kappa shape index (κ2) is 5.59. The molecule has 0 amide bonds. The fourth-order valence-corrected chi connectivity index (χ4v) is 2.94. The van der Waals surface area contributed by atoms with Gasteiger partial charge in [0.2, 0.25) is 0 Å². The smallest absolute Gasteiger partial charge is 0.309 e. The van der Waals surface area contributed by atoms with Crippen LogP contribution >= 0.6 is 15.9 Å². The van der Waals surface area contributed by atoms with Gasteiger partial charge in [-0.15, -0.1) is 0 Å². The highest BCUT2D eigenvalue weighted by Gasteiger charge is 2.37. The number of carboxylic acid groups (broad SMARTS) is 1. The van der Waals surface area contributed by atoms with Gasteiger partial charge in [-0.05, 0) is 42.6 Å². The van der Waals surface area contributed by atoms with Crippen LogP contribution in [0, 0.1) is 22.5 Å². The fourth-order valence-electron chi connectivity index (χ4n) is 2.39. The Bertz CT molecular complexity index is 597. The molecule has 0 aromatic carbocycles. The number of rotatable bonds is 3. The average Bonchev–Trinajstić information content (AvgIpc) is 2.42. The lowest BCUT2D eigenvalue weighted by molar-refractivity contribution is -0.385. The highest BCUT2D eigenvalue weighted by Crippen LogP contribution is 2.37. The van der Waals surface area contributed by atoms with Crippen molar-refractivity contribution in [2.45, 2.75) is 26.7 Å². The first-order chi connectivity index (χ1) is 9.76. The van der Waals surface area contributed by atoms with E-state index in [2.05, 4.69) is 20.9 Å². The maximum absolute atomic E-state index is 11.2. The van der Waals surface area contributed by atoms with Crippen molar-refractivity contribution in [1.29, 1.82) is 0 Å². The van der Waals surface area contributed by atoms with Gasteiger partial charge in [0.05, 0.1) is 14.8 Å². The molecule has 21 heavy (non-hydrogen) atoms. The monoisotopic (exact) mass is 357 g/mol. The molecule has 114 valence electrons. The predicted octanol–water partition coefficient (Wildman–Crippen LogP) is 2.75. The van der Waals surface area contributed by atoms with Gasteiger partial charge in [0.1, 0.15) is 12.0 Å². The van der Waals surface area contributed by atoms with Crippen LogP contribution in [0.1, 0.15) is 25.3 Å². The van der Waals surface area contributed by atoms with Crippen LogP contribution in [-0.2, 0) is 4.79 Å². The third-order valence-corrected chi connectivity index (χ3v) is 5.05. The number of hydrogen-bond acceptors (Lipinski definition) is 5. The third-order valence-electron chi connectivity index (χ3n) is 4.10. The number of piperidine rings is 1. The molecule has 1 aromatic heterocycles. The molecular weight excluding hydrogens is 342 g/mol. The van der Waals surface area contributed by atoms with Crippen molar-refractivity contribution in [3.05, 3.63) is 26.3 Å². The van der Waals surface area contributed by atoms with Gasteiger partial charge in [-0.3, -0.25) is 14.9 Å². The van der Waals surface area contributed by atoms with Gasteiger partial charge in [0.15, 0.2) is 0 Å². The summed E-state index contributed by atoms with van der Waals surface area (Å²) in [6.07, 6.45) is 2.29. The molecular formula is C13H16BrN3O4. The molecule has 1 fully saturated rings. The van der Waals surface area contributed by atoms with Crippen molar-refractivity contribution in [2.75, 3.05) is 18.0 Å². The van der Waals surface area contributed by atoms with Crippen LogP contribution in [0.4, 0.5) is 11.5 Å². The fraction of sp³-hybridized carbons (Fsp3) is 0.538. The van der Waals surface area contributed by atoms with Gasteiger partial charge in [-0.25, -0.2) is 4.98 Å². The van der Waals surface area contributed by atoms with Crippen LogP contribution < -0.4 is 4.90 Å². The average molecular weight is 358 g/mol. The predicted molar refractivity (Wildman–Crippen MR) is 80.5 cm³/mol. The SMILES string of the molecule is Cc1c([N+](=O)[O-])cnc(N2CCC(C)(C(=O)O)CC2)c1Br. The van der Waals surface area contributed by atoms with Gasteiger partial charge < -0.3 is 10.0 Å². The maximum Gasteiger partial charge on any atom is 0.309 e. The molecule has 1 N–H and O–H groups in total. The molecule has 0 bridgehead atoms. The molecule has 1 aromatic rings. The number of halogens is 1. The van der Waals surface area contributed by atoms with Crippen LogP contribution in [-0.4, -0.2) is 34.1 Å². The van der Waals surface area contributed by atoms with E-state index < -0.39 is 16.3 Å². The van der Waals surface area contributed by atoms with E-state index in [9.17, 15) is 20.0 Å². The van der Waals surface area contributed by atoms with E-state index in [-0.39, 0.29) is 5.69 Å². The van der Waals surface area contributed by atoms with Crippen LogP contribution in [0.2, 0.25) is 0 Å². The third kappa shape index (κ3) is 2.85. The zero-order valence-corrected chi connectivity index (χ0v) is 13.4. The second-order valence-electron chi connectivity index (χ2n) is 5.52. The molecule has 0 unspecified atom stereocenters. The summed E-state index contributed by atoms with van der Waals surface area (Å²) in [6.45, 7) is 4.53. The van der Waals surface area contributed by atoms with E-state index in [0.717, 1.165) is 0 Å². The number of hydrogen-bond donors (Lipinski definition) is 1. The van der Waals surface area contributed by atoms with Gasteiger partial charge in [-0.2, -0.15) is 0 Å². The van der Waals surface area contributed by atoms with Crippen molar-refractivity contribution < 1.29 is 14.8 Å². The minimum atomic E-state index is -0.783. The molecule has 0 spiro atoms. The summed E-state index contributed by atoms with van der Waals surface area (Å²) in [5.74, 6) is -0.153. The minimum absolute atomic E-state index is 0.0296. The number of aliphatic carboxylic acids is 1. The standard InChI is InChI=1S/C13H16BrN3O4/c1-8-9(17(20)21)7-15-11(10(8)14)16-5-3-13(2,4-6-16)12(18)19/h7H,3-6H2,1-2H3,(H,18,19). The Morgan fingerprint density at radius 1 is 1.52 bits per heavy atom. The Kier molecular flexibility index (Phi) is 4.18. The lowest BCUT2D eigenvalue weighted by atomic mass is 9.80. The summed E-state index contributed by atoms with van der Waals surface area (Å²) >= 11 is 3.37. The van der Waals surface area contributed by atoms with E-state index in [1.54, 1.807) is 13.8 Å². The van der Waals surface area contributed by atoms with Crippen molar-refractivity contribution >= 4 is 33.4 Å². The first-order valence-electron chi connectivity index (χ1n) is 6.54. The quantitative estimate of drug-likeness (QED) is 0.659. The van der Waals surface area contributed by atoms with Crippen molar-refractivity contribution in [3.63, 3.8) is 0 Å². The molecule has 7 nitrogen and oxygen atoms in total. The zero-order chi connectivity index (χ0) is 15.8. The highest BCUT2D eigenvalue weighted by atomic mass is 79.9. The first-order valence-corrected chi connectivity index (χ1v) is 7.33. The summed E-state index contributed by atoms with van der Waals surface area (Å²) in [7, 11) is 0. The van der Waals surface area contributed by atoms with E-state index >= 15 is 0 Å². The molecule has 2 heterocycles. The molecule has 1 aliphatic rings. The maximum atomic E-state index is 11.2. The Labute approximate surface area is 130 Å². The number of pyridine rings is 1. The van der Waals surface area contributed by atoms with Crippen LogP contribution in [0.3, 0.4) is 0 Å². The Balaban J connectivity index is 2.24. The molecule has 0 atom stereocenters. The molecule has 0 aliphatic carbocycles. The molecule has 0 saturated carbocycles. The van der Waals surface area contributed by atoms with Gasteiger partial charge >= 0.3 is 5.97 Å². The largest absolute Gasteiger partial charge is 0.481 e. The second-order valence-corrected chi connectivity index (χ2v) is 6.31. The highest BCUT2D eigenvalue weighted by molar-refractivity contribution is 9.10. The molecule has 1 aliphatic heterocycles. The lowest BCUT2D eigenvalue weighted by Gasteiger charge is -2.37. The molecule has 0 radical (unpaired) electrons. The first kappa shape index (κ1) is 15.7. The van der Waals surface area contributed by atoms with E-state index in [1.165, 1.54) is 6.20 Å². The normalized spacial score (nSPS) is 17.6. The zero-order valence-electron chi connectivity index (χ0n) is 11.8. The van der Waals surface area contributed by atoms with E-state index in [1.807, 2.05) is 4.90 Å². The topological polar surface area (TPSA) is 96.6 Å². The Hall–Kier alpha value is -1.70. The van der Waals surface area contributed by atoms with Gasteiger partial charge in [0.25, 0.3) is 5.69 Å².